The number of carbonyl (C=O) groups is 2. The van der Waals surface area contributed by atoms with Crippen LogP contribution >= 0.6 is 27.5 Å². The number of ketones is 1. The highest BCUT2D eigenvalue weighted by molar-refractivity contribution is 9.12. The molecule has 1 amide bonds. The fourth-order valence-corrected chi connectivity index (χ4v) is 2.93. The molecule has 0 aromatic rings. The predicted molar refractivity (Wildman–Crippen MR) is 53.2 cm³/mol. The van der Waals surface area contributed by atoms with Gasteiger partial charge in [0.15, 0.2) is 5.78 Å². The van der Waals surface area contributed by atoms with Crippen molar-refractivity contribution in [3.8, 4) is 0 Å². The molecule has 0 aromatic carbocycles. The van der Waals surface area contributed by atoms with Crippen LogP contribution in [0, 0.1) is 0 Å². The van der Waals surface area contributed by atoms with Gasteiger partial charge in [-0.15, -0.1) is 11.6 Å². The Morgan fingerprint density at radius 2 is 2.29 bits per heavy atom. The van der Waals surface area contributed by atoms with Crippen LogP contribution in [0.15, 0.2) is 10.6 Å². The SMILES string of the molecule is O=C1C[C@]2(O)C=C(Br)C(=O)[C@@H](Cl)[C@@H]2N1. The van der Waals surface area contributed by atoms with E-state index in [0.717, 1.165) is 0 Å². The second kappa shape index (κ2) is 3.05. The van der Waals surface area contributed by atoms with Gasteiger partial charge in [-0.2, -0.15) is 0 Å². The standard InChI is InChI=1S/C8H7BrClNO3/c9-3-1-8(14)2-4(12)11-7(8)5(10)6(3)13/h1,5,7,14H,2H2,(H,11,12)/t5-,7+,8-/m1/s1. The van der Waals surface area contributed by atoms with Crippen molar-refractivity contribution in [1.82, 2.24) is 5.32 Å². The third kappa shape index (κ3) is 1.31. The summed E-state index contributed by atoms with van der Waals surface area (Å²) in [7, 11) is 0. The number of aliphatic hydroxyl groups is 1. The maximum atomic E-state index is 11.4. The summed E-state index contributed by atoms with van der Waals surface area (Å²) >= 11 is 8.84. The average molecular weight is 281 g/mol. The molecular weight excluding hydrogens is 273 g/mol. The fourth-order valence-electron chi connectivity index (χ4n) is 1.76. The Bertz CT molecular complexity index is 356. The Morgan fingerprint density at radius 1 is 1.64 bits per heavy atom. The van der Waals surface area contributed by atoms with Crippen molar-refractivity contribution < 1.29 is 14.7 Å². The first-order valence-electron chi connectivity index (χ1n) is 4.02. The molecule has 2 aliphatic rings. The van der Waals surface area contributed by atoms with Gasteiger partial charge >= 0.3 is 0 Å². The molecule has 1 saturated heterocycles. The minimum atomic E-state index is -1.34. The van der Waals surface area contributed by atoms with E-state index in [4.69, 9.17) is 11.6 Å². The highest BCUT2D eigenvalue weighted by Crippen LogP contribution is 2.36. The summed E-state index contributed by atoms with van der Waals surface area (Å²) in [6.45, 7) is 0. The van der Waals surface area contributed by atoms with Gasteiger partial charge in [0.25, 0.3) is 0 Å². The van der Waals surface area contributed by atoms with Gasteiger partial charge in [0.2, 0.25) is 5.91 Å². The van der Waals surface area contributed by atoms with Gasteiger partial charge < -0.3 is 10.4 Å². The summed E-state index contributed by atoms with van der Waals surface area (Å²) in [6, 6.07) is -0.717. The van der Waals surface area contributed by atoms with Gasteiger partial charge in [-0.3, -0.25) is 9.59 Å². The molecule has 0 unspecified atom stereocenters. The number of rotatable bonds is 0. The Labute approximate surface area is 93.4 Å². The molecule has 1 heterocycles. The average Bonchev–Trinajstić information content (AvgIpc) is 2.37. The van der Waals surface area contributed by atoms with Gasteiger partial charge in [0.05, 0.1) is 16.9 Å². The number of nitrogens with one attached hydrogen (secondary N) is 1. The van der Waals surface area contributed by atoms with Gasteiger partial charge in [-0.05, 0) is 22.0 Å². The number of fused-ring (bicyclic) bond motifs is 1. The number of amides is 1. The van der Waals surface area contributed by atoms with Crippen molar-refractivity contribution in [3.63, 3.8) is 0 Å². The fraction of sp³-hybridized carbons (Fsp3) is 0.500. The van der Waals surface area contributed by atoms with E-state index < -0.39 is 17.0 Å². The van der Waals surface area contributed by atoms with E-state index >= 15 is 0 Å². The van der Waals surface area contributed by atoms with Crippen LogP contribution in [0.1, 0.15) is 6.42 Å². The lowest BCUT2D eigenvalue weighted by Gasteiger charge is -2.32. The Morgan fingerprint density at radius 3 is 2.93 bits per heavy atom. The van der Waals surface area contributed by atoms with Crippen molar-refractivity contribution in [1.29, 1.82) is 0 Å². The summed E-state index contributed by atoms with van der Waals surface area (Å²) in [4.78, 5) is 22.5. The molecule has 0 spiro atoms. The number of halogens is 2. The molecule has 76 valence electrons. The smallest absolute Gasteiger partial charge is 0.223 e. The molecule has 4 nitrogen and oxygen atoms in total. The lowest BCUT2D eigenvalue weighted by atomic mass is 9.86. The number of alkyl halides is 1. The number of Topliss-reactive ketones (excluding diaryl/α,β-unsaturated/α-hetero) is 1. The zero-order valence-corrected chi connectivity index (χ0v) is 9.30. The summed E-state index contributed by atoms with van der Waals surface area (Å²) in [6.07, 6.45) is 1.29. The second-order valence-electron chi connectivity index (χ2n) is 3.47. The van der Waals surface area contributed by atoms with E-state index in [2.05, 4.69) is 21.2 Å². The van der Waals surface area contributed by atoms with Gasteiger partial charge in [-0.1, -0.05) is 0 Å². The molecule has 0 aromatic heterocycles. The van der Waals surface area contributed by atoms with Crippen molar-refractivity contribution in [2.45, 2.75) is 23.4 Å². The second-order valence-corrected chi connectivity index (χ2v) is 4.80. The van der Waals surface area contributed by atoms with Gasteiger partial charge in [0, 0.05) is 0 Å². The Hall–Kier alpha value is -0.390. The van der Waals surface area contributed by atoms with Crippen LogP contribution in [0.3, 0.4) is 0 Å². The number of allylic oxidation sites excluding steroid dienone is 1. The summed E-state index contributed by atoms with van der Waals surface area (Å²) in [5.41, 5.74) is -1.34. The Balaban J connectivity index is 2.45. The van der Waals surface area contributed by atoms with Crippen LogP contribution in [0.5, 0.6) is 0 Å². The third-order valence-corrected chi connectivity index (χ3v) is 3.52. The Kier molecular flexibility index (Phi) is 2.21. The minimum Gasteiger partial charge on any atom is -0.383 e. The van der Waals surface area contributed by atoms with E-state index in [1.807, 2.05) is 0 Å². The monoisotopic (exact) mass is 279 g/mol. The van der Waals surface area contributed by atoms with Crippen LogP contribution in [0.4, 0.5) is 0 Å². The topological polar surface area (TPSA) is 66.4 Å². The first-order chi connectivity index (χ1) is 6.44. The number of carbonyl (C=O) groups excluding carboxylic acids is 2. The van der Waals surface area contributed by atoms with E-state index in [0.29, 0.717) is 0 Å². The van der Waals surface area contributed by atoms with E-state index in [1.54, 1.807) is 0 Å². The maximum absolute atomic E-state index is 11.4. The predicted octanol–water partition coefficient (Wildman–Crippen LogP) is 0.0749. The third-order valence-electron chi connectivity index (χ3n) is 2.45. The first kappa shape index (κ1) is 10.1. The molecule has 2 N–H and O–H groups in total. The van der Waals surface area contributed by atoms with Crippen LogP contribution in [-0.2, 0) is 9.59 Å². The van der Waals surface area contributed by atoms with Crippen molar-refractivity contribution in [2.24, 2.45) is 0 Å². The highest BCUT2D eigenvalue weighted by Gasteiger charge is 2.52. The molecule has 1 aliphatic carbocycles. The van der Waals surface area contributed by atoms with E-state index in [1.165, 1.54) is 6.08 Å². The minimum absolute atomic E-state index is 0.0523. The number of hydrogen-bond donors (Lipinski definition) is 2. The molecule has 0 bridgehead atoms. The van der Waals surface area contributed by atoms with Crippen LogP contribution in [0.25, 0.3) is 0 Å². The van der Waals surface area contributed by atoms with Crippen LogP contribution in [-0.4, -0.2) is 33.8 Å². The largest absolute Gasteiger partial charge is 0.383 e. The summed E-state index contributed by atoms with van der Waals surface area (Å²) < 4.78 is 0.229. The lowest BCUT2D eigenvalue weighted by Crippen LogP contribution is -2.53. The molecule has 0 radical (unpaired) electrons. The molecule has 0 saturated carbocycles. The number of hydrogen-bond acceptors (Lipinski definition) is 3. The lowest BCUT2D eigenvalue weighted by molar-refractivity contribution is -0.120. The van der Waals surface area contributed by atoms with Crippen LogP contribution in [0.2, 0.25) is 0 Å². The van der Waals surface area contributed by atoms with Crippen molar-refractivity contribution in [3.05, 3.63) is 10.6 Å². The van der Waals surface area contributed by atoms with Crippen molar-refractivity contribution >= 4 is 39.2 Å². The molecule has 6 heteroatoms. The zero-order valence-electron chi connectivity index (χ0n) is 6.96. The van der Waals surface area contributed by atoms with Crippen LogP contribution < -0.4 is 5.32 Å². The van der Waals surface area contributed by atoms with Gasteiger partial charge in [0.1, 0.15) is 11.0 Å². The van der Waals surface area contributed by atoms with E-state index in [-0.39, 0.29) is 22.6 Å². The summed E-state index contributed by atoms with van der Waals surface area (Å²) in [5.74, 6) is -0.613. The molecule has 2 rings (SSSR count). The van der Waals surface area contributed by atoms with Crippen molar-refractivity contribution in [2.75, 3.05) is 0 Å². The quantitative estimate of drug-likeness (QED) is 0.617. The van der Waals surface area contributed by atoms with E-state index in [9.17, 15) is 14.7 Å². The molecule has 3 atom stereocenters. The molecule has 1 fully saturated rings. The highest BCUT2D eigenvalue weighted by atomic mass is 79.9. The zero-order chi connectivity index (χ0) is 10.5. The molecule has 14 heavy (non-hydrogen) atoms. The van der Waals surface area contributed by atoms with Gasteiger partial charge in [-0.25, -0.2) is 0 Å². The normalized spacial score (nSPS) is 41.8. The first-order valence-corrected chi connectivity index (χ1v) is 5.25. The summed E-state index contributed by atoms with van der Waals surface area (Å²) in [5, 5.41) is 11.6. The molecule has 1 aliphatic heterocycles. The maximum Gasteiger partial charge on any atom is 0.223 e. The molecular formula is C8H7BrClNO3.